The van der Waals surface area contributed by atoms with E-state index < -0.39 is 22.1 Å². The highest BCUT2D eigenvalue weighted by Crippen LogP contribution is 2.24. The van der Waals surface area contributed by atoms with E-state index in [1.54, 1.807) is 12.1 Å². The Hall–Kier alpha value is -2.90. The molecule has 1 unspecified atom stereocenters. The minimum atomic E-state index is -1.38. The van der Waals surface area contributed by atoms with E-state index in [2.05, 4.69) is 10.3 Å². The summed E-state index contributed by atoms with van der Waals surface area (Å²) >= 11 is 0. The molecule has 0 spiro atoms. The zero-order valence-corrected chi connectivity index (χ0v) is 11.4. The molecule has 2 rings (SSSR count). The number of furan rings is 1. The quantitative estimate of drug-likeness (QED) is 0.642. The van der Waals surface area contributed by atoms with Crippen LogP contribution in [0.2, 0.25) is 0 Å². The van der Waals surface area contributed by atoms with Crippen molar-refractivity contribution < 1.29 is 19.2 Å². The van der Waals surface area contributed by atoms with Gasteiger partial charge >= 0.3 is 11.7 Å². The first-order chi connectivity index (χ1) is 9.88. The highest BCUT2D eigenvalue weighted by molar-refractivity contribution is 5.93. The Morgan fingerprint density at radius 1 is 1.52 bits per heavy atom. The molecule has 1 atom stereocenters. The number of rotatable bonds is 5. The van der Waals surface area contributed by atoms with Crippen LogP contribution in [0.25, 0.3) is 0 Å². The van der Waals surface area contributed by atoms with Crippen molar-refractivity contribution in [2.24, 2.45) is 0 Å². The van der Waals surface area contributed by atoms with Gasteiger partial charge in [-0.1, -0.05) is 0 Å². The lowest BCUT2D eigenvalue weighted by atomic mass is 10.2. The molecule has 8 heteroatoms. The number of hydrogen-bond donors (Lipinski definition) is 2. The number of aromatic carboxylic acids is 1. The van der Waals surface area contributed by atoms with Crippen LogP contribution in [0.3, 0.4) is 0 Å². The molecule has 0 aromatic carbocycles. The van der Waals surface area contributed by atoms with E-state index in [1.807, 2.05) is 13.8 Å². The molecule has 0 aliphatic carbocycles. The lowest BCUT2D eigenvalue weighted by Crippen LogP contribution is -2.10. The fourth-order valence-electron chi connectivity index (χ4n) is 1.82. The third-order valence-corrected chi connectivity index (χ3v) is 2.86. The molecule has 8 nitrogen and oxygen atoms in total. The molecule has 2 N–H and O–H groups in total. The molecule has 0 fully saturated rings. The van der Waals surface area contributed by atoms with E-state index in [4.69, 9.17) is 9.52 Å². The SMILES string of the molecule is Cc1ccc(C(C)Nc2cc(C(=O)O)c([N+](=O)[O-])cn2)o1. The highest BCUT2D eigenvalue weighted by Gasteiger charge is 2.21. The summed E-state index contributed by atoms with van der Waals surface area (Å²) in [5.74, 6) is 0.249. The molecule has 0 bridgehead atoms. The fourth-order valence-corrected chi connectivity index (χ4v) is 1.82. The second kappa shape index (κ2) is 5.61. The number of aryl methyl sites for hydroxylation is 1. The predicted octanol–water partition coefficient (Wildman–Crippen LogP) is 2.76. The van der Waals surface area contributed by atoms with Crippen LogP contribution in [-0.4, -0.2) is 21.0 Å². The predicted molar refractivity (Wildman–Crippen MR) is 73.3 cm³/mol. The molecule has 2 aromatic rings. The Morgan fingerprint density at radius 3 is 2.76 bits per heavy atom. The third kappa shape index (κ3) is 3.16. The Bertz CT molecular complexity index is 695. The molecule has 2 heterocycles. The lowest BCUT2D eigenvalue weighted by Gasteiger charge is -2.12. The Morgan fingerprint density at radius 2 is 2.24 bits per heavy atom. The van der Waals surface area contributed by atoms with E-state index in [-0.39, 0.29) is 11.9 Å². The number of nitrogens with one attached hydrogen (secondary N) is 1. The van der Waals surface area contributed by atoms with Gasteiger partial charge in [-0.25, -0.2) is 9.78 Å². The van der Waals surface area contributed by atoms with Gasteiger partial charge in [0.15, 0.2) is 0 Å². The molecule has 0 aliphatic rings. The van der Waals surface area contributed by atoms with Crippen molar-refractivity contribution in [2.75, 3.05) is 5.32 Å². The average molecular weight is 291 g/mol. The number of carbonyl (C=O) groups is 1. The summed E-state index contributed by atoms with van der Waals surface area (Å²) in [6.45, 7) is 3.62. The lowest BCUT2D eigenvalue weighted by molar-refractivity contribution is -0.385. The van der Waals surface area contributed by atoms with Gasteiger partial charge in [-0.2, -0.15) is 0 Å². The summed E-state index contributed by atoms with van der Waals surface area (Å²) in [6, 6.07) is 4.47. The number of nitro groups is 1. The Balaban J connectivity index is 2.27. The zero-order valence-electron chi connectivity index (χ0n) is 11.4. The van der Waals surface area contributed by atoms with Crippen molar-refractivity contribution in [3.63, 3.8) is 0 Å². The number of carboxylic acid groups (broad SMARTS) is 1. The second-order valence-electron chi connectivity index (χ2n) is 4.46. The molecular formula is C13H13N3O5. The summed E-state index contributed by atoms with van der Waals surface area (Å²) in [6.07, 6.45) is 0.923. The van der Waals surface area contributed by atoms with E-state index in [0.29, 0.717) is 5.76 Å². The maximum atomic E-state index is 11.1. The van der Waals surface area contributed by atoms with Crippen LogP contribution in [0.15, 0.2) is 28.8 Å². The minimum Gasteiger partial charge on any atom is -0.477 e. The van der Waals surface area contributed by atoms with Crippen molar-refractivity contribution in [3.05, 3.63) is 51.6 Å². The normalized spacial score (nSPS) is 11.9. The maximum Gasteiger partial charge on any atom is 0.342 e. The number of pyridine rings is 1. The van der Waals surface area contributed by atoms with Crippen LogP contribution in [-0.2, 0) is 0 Å². The molecule has 0 aliphatic heterocycles. The van der Waals surface area contributed by atoms with Gasteiger partial charge in [-0.05, 0) is 26.0 Å². The van der Waals surface area contributed by atoms with Crippen molar-refractivity contribution in [1.82, 2.24) is 4.98 Å². The van der Waals surface area contributed by atoms with Crippen LogP contribution in [0, 0.1) is 17.0 Å². The maximum absolute atomic E-state index is 11.1. The number of carboxylic acids is 1. The Labute approximate surface area is 119 Å². The van der Waals surface area contributed by atoms with E-state index in [0.717, 1.165) is 18.0 Å². The van der Waals surface area contributed by atoms with Gasteiger partial charge in [0.1, 0.15) is 29.1 Å². The topological polar surface area (TPSA) is 118 Å². The van der Waals surface area contributed by atoms with Crippen LogP contribution < -0.4 is 5.32 Å². The van der Waals surface area contributed by atoms with Gasteiger partial charge < -0.3 is 14.8 Å². The second-order valence-corrected chi connectivity index (χ2v) is 4.46. The highest BCUT2D eigenvalue weighted by atomic mass is 16.6. The van der Waals surface area contributed by atoms with Crippen LogP contribution in [0.1, 0.15) is 34.8 Å². The van der Waals surface area contributed by atoms with Gasteiger partial charge in [0.2, 0.25) is 0 Å². The van der Waals surface area contributed by atoms with E-state index in [9.17, 15) is 14.9 Å². The number of hydrogen-bond acceptors (Lipinski definition) is 6. The van der Waals surface area contributed by atoms with Crippen LogP contribution in [0.4, 0.5) is 11.5 Å². The number of anilines is 1. The van der Waals surface area contributed by atoms with Gasteiger partial charge in [0.25, 0.3) is 0 Å². The summed E-state index contributed by atoms with van der Waals surface area (Å²) < 4.78 is 5.44. The molecule has 2 aromatic heterocycles. The molecule has 0 radical (unpaired) electrons. The van der Waals surface area contributed by atoms with E-state index >= 15 is 0 Å². The Kier molecular flexibility index (Phi) is 3.88. The van der Waals surface area contributed by atoms with Crippen molar-refractivity contribution in [2.45, 2.75) is 19.9 Å². The van der Waals surface area contributed by atoms with Crippen LogP contribution >= 0.6 is 0 Å². The average Bonchev–Trinajstić information content (AvgIpc) is 2.85. The van der Waals surface area contributed by atoms with Crippen molar-refractivity contribution in [1.29, 1.82) is 0 Å². The van der Waals surface area contributed by atoms with Crippen LogP contribution in [0.5, 0.6) is 0 Å². The zero-order chi connectivity index (χ0) is 15.6. The van der Waals surface area contributed by atoms with Crippen molar-refractivity contribution in [3.8, 4) is 0 Å². The number of nitrogens with zero attached hydrogens (tertiary/aromatic N) is 2. The number of aromatic nitrogens is 1. The largest absolute Gasteiger partial charge is 0.477 e. The molecule has 0 saturated heterocycles. The minimum absolute atomic E-state index is 0.222. The first kappa shape index (κ1) is 14.5. The summed E-state index contributed by atoms with van der Waals surface area (Å²) in [5.41, 5.74) is -0.963. The van der Waals surface area contributed by atoms with Crippen molar-refractivity contribution >= 4 is 17.5 Å². The summed E-state index contributed by atoms with van der Waals surface area (Å²) in [5, 5.41) is 22.7. The first-order valence-corrected chi connectivity index (χ1v) is 6.09. The van der Waals surface area contributed by atoms with Gasteiger partial charge in [0.05, 0.1) is 11.0 Å². The molecule has 0 saturated carbocycles. The monoisotopic (exact) mass is 291 g/mol. The fraction of sp³-hybridized carbons (Fsp3) is 0.231. The molecule has 21 heavy (non-hydrogen) atoms. The standard InChI is InChI=1S/C13H13N3O5/c1-7-3-4-11(21-7)8(2)15-12-5-9(13(17)18)10(6-14-12)16(19)20/h3-6,8H,1-2H3,(H,14,15)(H,17,18). The third-order valence-electron chi connectivity index (χ3n) is 2.86. The molecule has 110 valence electrons. The molecular weight excluding hydrogens is 278 g/mol. The first-order valence-electron chi connectivity index (χ1n) is 6.09. The van der Waals surface area contributed by atoms with E-state index in [1.165, 1.54) is 0 Å². The summed E-state index contributed by atoms with van der Waals surface area (Å²) in [4.78, 5) is 24.9. The summed E-state index contributed by atoms with van der Waals surface area (Å²) in [7, 11) is 0. The molecule has 0 amide bonds. The van der Waals surface area contributed by atoms with Gasteiger partial charge in [-0.3, -0.25) is 10.1 Å². The van der Waals surface area contributed by atoms with Gasteiger partial charge in [0, 0.05) is 6.07 Å². The van der Waals surface area contributed by atoms with Gasteiger partial charge in [-0.15, -0.1) is 0 Å². The smallest absolute Gasteiger partial charge is 0.342 e.